The second-order valence-corrected chi connectivity index (χ2v) is 10.9. The number of unbranched alkanes of at least 4 members (excludes halogenated alkanes) is 9. The fourth-order valence-electron chi connectivity index (χ4n) is 4.50. The van der Waals surface area contributed by atoms with Gasteiger partial charge >= 0.3 is 0 Å². The van der Waals surface area contributed by atoms with Crippen LogP contribution in [0.2, 0.25) is 0 Å². The van der Waals surface area contributed by atoms with Crippen molar-refractivity contribution in [2.24, 2.45) is 0 Å². The Labute approximate surface area is 251 Å². The number of hydrogen-bond acceptors (Lipinski definition) is 7. The second-order valence-electron chi connectivity index (χ2n) is 10.9. The van der Waals surface area contributed by atoms with Gasteiger partial charge in [0.25, 0.3) is 5.69 Å². The molecule has 1 rings (SSSR count). The third-order valence-electron chi connectivity index (χ3n) is 7.07. The molecule has 3 N–H and O–H groups in total. The van der Waals surface area contributed by atoms with E-state index in [1.54, 1.807) is 12.1 Å². The Morgan fingerprint density at radius 3 is 1.71 bits per heavy atom. The van der Waals surface area contributed by atoms with Gasteiger partial charge in [0.1, 0.15) is 5.78 Å². The molecule has 2 amide bonds. The molecule has 0 aliphatic rings. The van der Waals surface area contributed by atoms with Crippen LogP contribution >= 0.6 is 0 Å². The maximum absolute atomic E-state index is 12.0. The van der Waals surface area contributed by atoms with Gasteiger partial charge in [-0.1, -0.05) is 51.5 Å². The van der Waals surface area contributed by atoms with E-state index in [9.17, 15) is 29.3 Å². The lowest BCUT2D eigenvalue weighted by molar-refractivity contribution is -0.384. The first-order valence-electron chi connectivity index (χ1n) is 15.9. The van der Waals surface area contributed by atoms with Crippen molar-refractivity contribution in [2.75, 3.05) is 25.0 Å². The van der Waals surface area contributed by atoms with Crippen LogP contribution in [0.5, 0.6) is 0 Å². The first-order valence-corrected chi connectivity index (χ1v) is 15.9. The maximum atomic E-state index is 12.0. The van der Waals surface area contributed by atoms with E-state index in [1.807, 2.05) is 0 Å². The summed E-state index contributed by atoms with van der Waals surface area (Å²) in [5.41, 5.74) is 0.537. The van der Waals surface area contributed by atoms with Crippen LogP contribution in [0.3, 0.4) is 0 Å². The lowest BCUT2D eigenvalue weighted by Gasteiger charge is -2.07. The summed E-state index contributed by atoms with van der Waals surface area (Å²) in [6.07, 6.45) is 14.5. The summed E-state index contributed by atoms with van der Waals surface area (Å²) in [6.45, 7) is 3.63. The standard InChI is InChI=1S/C32H52N4O6/c1-2-3-23-33-31(39)21-12-6-4-9-18-29(37)19-11-8-14-24-34-32(40)22-13-7-5-10-20-30(38)26-35-27-16-15-17-28(25-27)36(41)42/h15-17,25,35H,2-14,18-24,26H2,1H3,(H,33,39)(H,34,40). The molecule has 0 fully saturated rings. The number of carbonyl (C=O) groups is 4. The zero-order valence-electron chi connectivity index (χ0n) is 25.6. The molecular formula is C32H52N4O6. The predicted molar refractivity (Wildman–Crippen MR) is 166 cm³/mol. The van der Waals surface area contributed by atoms with Crippen molar-refractivity contribution in [3.63, 3.8) is 0 Å². The Kier molecular flexibility index (Phi) is 21.3. The summed E-state index contributed by atoms with van der Waals surface area (Å²) in [5.74, 6) is 0.528. The number of Topliss-reactive ketones (excluding diaryl/α,β-unsaturated/α-hetero) is 2. The molecule has 0 saturated carbocycles. The highest BCUT2D eigenvalue weighted by atomic mass is 16.6. The lowest BCUT2D eigenvalue weighted by atomic mass is 10.0. The lowest BCUT2D eigenvalue weighted by Crippen LogP contribution is -2.24. The van der Waals surface area contributed by atoms with E-state index < -0.39 is 4.92 Å². The predicted octanol–water partition coefficient (Wildman–Crippen LogP) is 6.42. The number of hydrogen-bond donors (Lipinski definition) is 3. The molecule has 10 nitrogen and oxygen atoms in total. The summed E-state index contributed by atoms with van der Waals surface area (Å²) >= 11 is 0. The Morgan fingerprint density at radius 2 is 1.17 bits per heavy atom. The quantitative estimate of drug-likeness (QED) is 0.0610. The summed E-state index contributed by atoms with van der Waals surface area (Å²) in [5, 5.41) is 19.6. The number of benzene rings is 1. The van der Waals surface area contributed by atoms with Crippen LogP contribution in [0.25, 0.3) is 0 Å². The zero-order valence-corrected chi connectivity index (χ0v) is 25.6. The molecule has 1 aromatic rings. The SMILES string of the molecule is CCCCNC(=O)CCCCCCC(=O)CCCCCNC(=O)CCCCCCC(=O)CNc1cccc([N+](=O)[O-])c1. The molecule has 0 unspecified atom stereocenters. The van der Waals surface area contributed by atoms with Crippen LogP contribution in [0.4, 0.5) is 11.4 Å². The summed E-state index contributed by atoms with van der Waals surface area (Å²) in [4.78, 5) is 58.1. The highest BCUT2D eigenvalue weighted by molar-refractivity contribution is 5.83. The van der Waals surface area contributed by atoms with Gasteiger partial charge in [-0.2, -0.15) is 0 Å². The van der Waals surface area contributed by atoms with Crippen LogP contribution in [0.1, 0.15) is 122 Å². The smallest absolute Gasteiger partial charge is 0.271 e. The van der Waals surface area contributed by atoms with Crippen molar-refractivity contribution in [2.45, 2.75) is 122 Å². The third kappa shape index (κ3) is 20.6. The molecule has 0 aliphatic carbocycles. The van der Waals surface area contributed by atoms with Crippen molar-refractivity contribution >= 4 is 34.8 Å². The fourth-order valence-corrected chi connectivity index (χ4v) is 4.50. The molecule has 0 heterocycles. The first-order chi connectivity index (χ1) is 20.3. The molecule has 0 aliphatic heterocycles. The third-order valence-corrected chi connectivity index (χ3v) is 7.07. The van der Waals surface area contributed by atoms with Crippen LogP contribution in [0.15, 0.2) is 24.3 Å². The van der Waals surface area contributed by atoms with E-state index in [4.69, 9.17) is 0 Å². The molecule has 10 heteroatoms. The van der Waals surface area contributed by atoms with Gasteiger partial charge in [0.05, 0.1) is 11.5 Å². The number of nitro benzene ring substituents is 1. The minimum absolute atomic E-state index is 0.0148. The molecule has 0 spiro atoms. The average Bonchev–Trinajstić information content (AvgIpc) is 2.97. The van der Waals surface area contributed by atoms with Crippen molar-refractivity contribution in [1.82, 2.24) is 10.6 Å². The van der Waals surface area contributed by atoms with Crippen molar-refractivity contribution in [3.05, 3.63) is 34.4 Å². The van der Waals surface area contributed by atoms with Crippen molar-refractivity contribution < 1.29 is 24.1 Å². The van der Waals surface area contributed by atoms with Gasteiger partial charge in [0, 0.05) is 63.0 Å². The highest BCUT2D eigenvalue weighted by Crippen LogP contribution is 2.17. The van der Waals surface area contributed by atoms with E-state index >= 15 is 0 Å². The normalized spacial score (nSPS) is 10.7. The first kappa shape index (κ1) is 36.7. The minimum Gasteiger partial charge on any atom is -0.378 e. The summed E-state index contributed by atoms with van der Waals surface area (Å²) < 4.78 is 0. The molecule has 0 bridgehead atoms. The number of non-ortho nitro benzene ring substituents is 1. The number of ketones is 2. The van der Waals surface area contributed by atoms with Crippen LogP contribution < -0.4 is 16.0 Å². The van der Waals surface area contributed by atoms with Gasteiger partial charge in [-0.05, 0) is 51.0 Å². The van der Waals surface area contributed by atoms with Gasteiger partial charge < -0.3 is 16.0 Å². The zero-order chi connectivity index (χ0) is 30.8. The van der Waals surface area contributed by atoms with E-state index in [0.717, 1.165) is 90.0 Å². The largest absolute Gasteiger partial charge is 0.378 e. The molecule has 0 aromatic heterocycles. The van der Waals surface area contributed by atoms with E-state index in [2.05, 4.69) is 22.9 Å². The Hall–Kier alpha value is -3.30. The van der Waals surface area contributed by atoms with Crippen LogP contribution in [0, 0.1) is 10.1 Å². The van der Waals surface area contributed by atoms with Crippen molar-refractivity contribution in [1.29, 1.82) is 0 Å². The average molecular weight is 589 g/mol. The second kappa shape index (κ2) is 24.3. The van der Waals surface area contributed by atoms with Gasteiger partial charge in [0.2, 0.25) is 11.8 Å². The van der Waals surface area contributed by atoms with E-state index in [-0.39, 0.29) is 29.8 Å². The number of amides is 2. The fraction of sp³-hybridized carbons (Fsp3) is 0.688. The van der Waals surface area contributed by atoms with Crippen LogP contribution in [-0.4, -0.2) is 47.9 Å². The molecular weight excluding hydrogens is 536 g/mol. The number of anilines is 1. The topological polar surface area (TPSA) is 148 Å². The number of carbonyl (C=O) groups excluding carboxylic acids is 4. The van der Waals surface area contributed by atoms with Crippen LogP contribution in [-0.2, 0) is 19.2 Å². The van der Waals surface area contributed by atoms with Gasteiger partial charge in [-0.25, -0.2) is 0 Å². The number of nitro groups is 1. The Bertz CT molecular complexity index is 953. The number of nitrogens with one attached hydrogen (secondary N) is 3. The molecule has 0 saturated heterocycles. The number of rotatable bonds is 27. The van der Waals surface area contributed by atoms with Gasteiger partial charge in [-0.3, -0.25) is 29.3 Å². The highest BCUT2D eigenvalue weighted by Gasteiger charge is 2.08. The Morgan fingerprint density at radius 1 is 0.667 bits per heavy atom. The van der Waals surface area contributed by atoms with Gasteiger partial charge in [0.15, 0.2) is 5.78 Å². The van der Waals surface area contributed by atoms with Crippen molar-refractivity contribution in [3.8, 4) is 0 Å². The summed E-state index contributed by atoms with van der Waals surface area (Å²) in [7, 11) is 0. The minimum atomic E-state index is -0.468. The van der Waals surface area contributed by atoms with E-state index in [1.165, 1.54) is 12.1 Å². The monoisotopic (exact) mass is 588 g/mol. The van der Waals surface area contributed by atoms with Gasteiger partial charge in [-0.15, -0.1) is 0 Å². The Balaban J connectivity index is 1.89. The molecule has 0 radical (unpaired) electrons. The molecule has 1 aromatic carbocycles. The van der Waals surface area contributed by atoms with E-state index in [0.29, 0.717) is 50.1 Å². The number of nitrogens with zero attached hydrogens (tertiary/aromatic N) is 1. The summed E-state index contributed by atoms with van der Waals surface area (Å²) in [6, 6.07) is 6.09. The molecule has 236 valence electrons. The molecule has 42 heavy (non-hydrogen) atoms. The maximum Gasteiger partial charge on any atom is 0.271 e. The molecule has 0 atom stereocenters.